The van der Waals surface area contributed by atoms with E-state index in [0.29, 0.717) is 0 Å². The third kappa shape index (κ3) is 8.50. The van der Waals surface area contributed by atoms with Crippen molar-refractivity contribution >= 4 is 29.7 Å². The number of carboxylic acid groups (broad SMARTS) is 2. The molecule has 4 N–H and O–H groups in total. The molecule has 0 radical (unpaired) electrons. The second-order valence-corrected chi connectivity index (χ2v) is 7.11. The maximum absolute atomic E-state index is 11.8. The van der Waals surface area contributed by atoms with Gasteiger partial charge in [0.2, 0.25) is 0 Å². The van der Waals surface area contributed by atoms with Gasteiger partial charge in [-0.15, -0.1) is 0 Å². The minimum atomic E-state index is -1.51. The number of alkyl carbamates (subject to hydrolysis) is 1. The minimum absolute atomic E-state index is 0.185. The Hall–Kier alpha value is -3.30. The molecule has 160 valence electrons. The van der Waals surface area contributed by atoms with E-state index in [-0.39, 0.29) is 17.9 Å². The van der Waals surface area contributed by atoms with Crippen LogP contribution >= 0.6 is 0 Å². The lowest BCUT2D eigenvalue weighted by molar-refractivity contribution is -0.141. The van der Waals surface area contributed by atoms with Crippen LogP contribution in [0, 0.1) is 0 Å². The third-order valence-corrected chi connectivity index (χ3v) is 3.47. The number of carboxylic acids is 2. The molecule has 10 heteroatoms. The van der Waals surface area contributed by atoms with E-state index in [2.05, 4.69) is 10.6 Å². The molecule has 0 aliphatic rings. The van der Waals surface area contributed by atoms with E-state index in [1.165, 1.54) is 24.3 Å². The van der Waals surface area contributed by atoms with Gasteiger partial charge in [-0.2, -0.15) is 0 Å². The Labute approximate surface area is 168 Å². The molecule has 2 atom stereocenters. The summed E-state index contributed by atoms with van der Waals surface area (Å²) in [4.78, 5) is 46.7. The van der Waals surface area contributed by atoms with Crippen LogP contribution in [0.3, 0.4) is 0 Å². The zero-order chi connectivity index (χ0) is 22.2. The van der Waals surface area contributed by atoms with E-state index in [4.69, 9.17) is 9.47 Å². The van der Waals surface area contributed by atoms with Crippen LogP contribution in [0.1, 0.15) is 44.5 Å². The molecule has 1 amide bonds. The number of aliphatic carboxylic acids is 2. The fourth-order valence-electron chi connectivity index (χ4n) is 2.28. The summed E-state index contributed by atoms with van der Waals surface area (Å²) in [5.41, 5.74) is -0.350. The summed E-state index contributed by atoms with van der Waals surface area (Å²) >= 11 is 0. The number of nitrogens with one attached hydrogen (secondary N) is 2. The number of carbonyl (C=O) groups is 4. The smallest absolute Gasteiger partial charge is 0.408 e. The van der Waals surface area contributed by atoms with Crippen molar-refractivity contribution in [3.8, 4) is 0 Å². The van der Waals surface area contributed by atoms with Crippen molar-refractivity contribution in [2.75, 3.05) is 11.9 Å². The normalized spacial score (nSPS) is 13.0. The van der Waals surface area contributed by atoms with Crippen LogP contribution in [-0.4, -0.2) is 58.5 Å². The molecule has 0 fully saturated rings. The summed E-state index contributed by atoms with van der Waals surface area (Å²) in [6, 6.07) is 3.08. The molecule has 1 aromatic rings. The Bertz CT molecular complexity index is 757. The molecule has 0 aliphatic carbocycles. The van der Waals surface area contributed by atoms with Crippen LogP contribution in [0.25, 0.3) is 0 Å². The van der Waals surface area contributed by atoms with Gasteiger partial charge in [0.1, 0.15) is 17.7 Å². The highest BCUT2D eigenvalue weighted by atomic mass is 16.6. The highest BCUT2D eigenvalue weighted by molar-refractivity contribution is 5.91. The van der Waals surface area contributed by atoms with Gasteiger partial charge >= 0.3 is 24.0 Å². The first-order chi connectivity index (χ1) is 13.4. The Balaban J connectivity index is 2.92. The van der Waals surface area contributed by atoms with Crippen molar-refractivity contribution in [2.24, 2.45) is 0 Å². The molecule has 0 heterocycles. The lowest BCUT2D eigenvalue weighted by Gasteiger charge is -2.24. The van der Waals surface area contributed by atoms with Gasteiger partial charge in [0.15, 0.2) is 0 Å². The van der Waals surface area contributed by atoms with Gasteiger partial charge in [-0.05, 0) is 45.9 Å². The number of anilines is 1. The maximum Gasteiger partial charge on any atom is 0.408 e. The molecule has 0 aromatic heterocycles. The topological polar surface area (TPSA) is 151 Å². The van der Waals surface area contributed by atoms with Crippen LogP contribution in [0.15, 0.2) is 24.3 Å². The summed E-state index contributed by atoms with van der Waals surface area (Å²) in [7, 11) is 0. The van der Waals surface area contributed by atoms with Crippen molar-refractivity contribution in [3.63, 3.8) is 0 Å². The van der Waals surface area contributed by atoms with Gasteiger partial charge in [0.05, 0.1) is 12.2 Å². The van der Waals surface area contributed by atoms with Crippen molar-refractivity contribution in [1.82, 2.24) is 5.32 Å². The Kier molecular flexibility index (Phi) is 8.43. The largest absolute Gasteiger partial charge is 0.480 e. The molecular formula is C19H26N2O8. The second-order valence-electron chi connectivity index (χ2n) is 7.11. The molecule has 0 spiro atoms. The van der Waals surface area contributed by atoms with E-state index in [1.54, 1.807) is 27.7 Å². The van der Waals surface area contributed by atoms with Gasteiger partial charge in [-0.1, -0.05) is 6.07 Å². The fraction of sp³-hybridized carbons (Fsp3) is 0.474. The van der Waals surface area contributed by atoms with Crippen molar-refractivity contribution < 1.29 is 38.9 Å². The van der Waals surface area contributed by atoms with Crippen molar-refractivity contribution in [3.05, 3.63) is 29.8 Å². The summed E-state index contributed by atoms with van der Waals surface area (Å²) in [5.74, 6) is -3.31. The number of benzene rings is 1. The number of hydrogen-bond donors (Lipinski definition) is 4. The molecular weight excluding hydrogens is 384 g/mol. The molecule has 0 aliphatic heterocycles. The van der Waals surface area contributed by atoms with Gasteiger partial charge in [0.25, 0.3) is 0 Å². The lowest BCUT2D eigenvalue weighted by atomic mass is 10.1. The van der Waals surface area contributed by atoms with E-state index in [1.807, 2.05) is 0 Å². The Morgan fingerprint density at radius 3 is 2.21 bits per heavy atom. The van der Waals surface area contributed by atoms with Gasteiger partial charge in [0, 0.05) is 12.1 Å². The highest BCUT2D eigenvalue weighted by Gasteiger charge is 2.30. The Morgan fingerprint density at radius 1 is 1.07 bits per heavy atom. The van der Waals surface area contributed by atoms with Gasteiger partial charge in [-0.3, -0.25) is 0 Å². The van der Waals surface area contributed by atoms with Crippen LogP contribution in [0.2, 0.25) is 0 Å². The molecule has 29 heavy (non-hydrogen) atoms. The van der Waals surface area contributed by atoms with Gasteiger partial charge in [-0.25, -0.2) is 19.2 Å². The molecule has 1 aromatic carbocycles. The van der Waals surface area contributed by atoms with E-state index < -0.39 is 48.1 Å². The zero-order valence-electron chi connectivity index (χ0n) is 16.7. The molecule has 0 bridgehead atoms. The van der Waals surface area contributed by atoms with E-state index >= 15 is 0 Å². The number of rotatable bonds is 9. The second kappa shape index (κ2) is 10.3. The molecule has 0 saturated carbocycles. The number of esters is 1. The maximum atomic E-state index is 11.8. The highest BCUT2D eigenvalue weighted by Crippen LogP contribution is 2.15. The number of ether oxygens (including phenoxy) is 2. The van der Waals surface area contributed by atoms with Crippen LogP contribution in [-0.2, 0) is 19.1 Å². The van der Waals surface area contributed by atoms with E-state index in [0.717, 1.165) is 0 Å². The van der Waals surface area contributed by atoms with Crippen LogP contribution in [0.4, 0.5) is 10.5 Å². The molecule has 10 nitrogen and oxygen atoms in total. The number of hydrogen-bond acceptors (Lipinski definition) is 7. The monoisotopic (exact) mass is 410 g/mol. The van der Waals surface area contributed by atoms with E-state index in [9.17, 15) is 29.4 Å². The lowest BCUT2D eigenvalue weighted by Crippen LogP contribution is -2.47. The fourth-order valence-corrected chi connectivity index (χ4v) is 2.28. The average Bonchev–Trinajstić information content (AvgIpc) is 2.59. The SMILES string of the molecule is CCOC(=O)c1cccc(NC(C[C@@H](NC(=O)OC(C)(C)C)C(=O)O)C(=O)O)c1. The predicted molar refractivity (Wildman–Crippen MR) is 103 cm³/mol. The first-order valence-electron chi connectivity index (χ1n) is 8.91. The van der Waals surface area contributed by atoms with Crippen molar-refractivity contribution in [2.45, 2.75) is 51.8 Å². The summed E-state index contributed by atoms with van der Waals surface area (Å²) in [5, 5.41) is 23.6. The quantitative estimate of drug-likeness (QED) is 0.448. The number of amides is 1. The molecule has 1 rings (SSSR count). The van der Waals surface area contributed by atoms with Gasteiger partial charge < -0.3 is 30.3 Å². The predicted octanol–water partition coefficient (Wildman–Crippen LogP) is 2.10. The molecule has 0 saturated heterocycles. The first kappa shape index (κ1) is 23.7. The Morgan fingerprint density at radius 2 is 1.69 bits per heavy atom. The average molecular weight is 410 g/mol. The summed E-state index contributed by atoms with van der Waals surface area (Å²) in [6.07, 6.45) is -1.44. The first-order valence-corrected chi connectivity index (χ1v) is 8.91. The summed E-state index contributed by atoms with van der Waals surface area (Å²) < 4.78 is 9.90. The van der Waals surface area contributed by atoms with Crippen LogP contribution < -0.4 is 10.6 Å². The molecule has 1 unspecified atom stereocenters. The zero-order valence-corrected chi connectivity index (χ0v) is 16.7. The number of carbonyl (C=O) groups excluding carboxylic acids is 2. The third-order valence-electron chi connectivity index (χ3n) is 3.47. The standard InChI is InChI=1S/C19H26N2O8/c1-5-28-17(26)11-7-6-8-12(9-11)20-13(15(22)23)10-14(16(24)25)21-18(27)29-19(2,3)4/h6-9,13-14,20H,5,10H2,1-4H3,(H,21,27)(H,22,23)(H,24,25)/t13?,14-/m1/s1. The summed E-state index contributed by atoms with van der Waals surface area (Å²) in [6.45, 7) is 6.68. The minimum Gasteiger partial charge on any atom is -0.480 e. The van der Waals surface area contributed by atoms with Crippen LogP contribution in [0.5, 0.6) is 0 Å². The van der Waals surface area contributed by atoms with Crippen molar-refractivity contribution in [1.29, 1.82) is 0 Å².